The van der Waals surface area contributed by atoms with E-state index >= 15 is 0 Å². The number of hydrogen-bond acceptors (Lipinski definition) is 1. The summed E-state index contributed by atoms with van der Waals surface area (Å²) in [5, 5.41) is 0. The van der Waals surface area contributed by atoms with E-state index in [4.69, 9.17) is 4.42 Å². The second-order valence-electron chi connectivity index (χ2n) is 3.33. The van der Waals surface area contributed by atoms with E-state index in [0.717, 1.165) is 0 Å². The van der Waals surface area contributed by atoms with Crippen molar-refractivity contribution in [3.05, 3.63) is 23.7 Å². The molecule has 0 N–H and O–H groups in total. The van der Waals surface area contributed by atoms with Gasteiger partial charge in [-0.3, -0.25) is 0 Å². The molecule has 0 spiro atoms. The van der Waals surface area contributed by atoms with Gasteiger partial charge in [0.2, 0.25) is 0 Å². The molecule has 1 aromatic rings. The van der Waals surface area contributed by atoms with Crippen molar-refractivity contribution in [1.29, 1.82) is 0 Å². The van der Waals surface area contributed by atoms with Crippen LogP contribution in [0.2, 0.25) is 0 Å². The number of alkyl halides is 3. The van der Waals surface area contributed by atoms with E-state index in [0.29, 0.717) is 12.2 Å². The molecular formula is C10H13F3O. The van der Waals surface area contributed by atoms with Crippen LogP contribution in [0.4, 0.5) is 13.2 Å². The van der Waals surface area contributed by atoms with Crippen LogP contribution >= 0.6 is 0 Å². The molecule has 0 saturated heterocycles. The molecule has 0 fully saturated rings. The molecule has 0 amide bonds. The molecule has 0 radical (unpaired) electrons. The Morgan fingerprint density at radius 2 is 2.00 bits per heavy atom. The smallest absolute Gasteiger partial charge is 0.398 e. The molecule has 0 aliphatic carbocycles. The van der Waals surface area contributed by atoms with Gasteiger partial charge in [0.05, 0.1) is 0 Å². The fraction of sp³-hybridized carbons (Fsp3) is 0.600. The highest BCUT2D eigenvalue weighted by atomic mass is 19.4. The fourth-order valence-electron chi connectivity index (χ4n) is 1.40. The maximum absolute atomic E-state index is 12.5. The maximum atomic E-state index is 12.5. The van der Waals surface area contributed by atoms with Crippen LogP contribution in [0.1, 0.15) is 37.2 Å². The van der Waals surface area contributed by atoms with Gasteiger partial charge in [0, 0.05) is 0 Å². The third kappa shape index (κ3) is 2.53. The summed E-state index contributed by atoms with van der Waals surface area (Å²) in [5.41, 5.74) is 0. The molecule has 0 aliphatic heterocycles. The van der Waals surface area contributed by atoms with Gasteiger partial charge in [0.25, 0.3) is 0 Å². The SMILES string of the molecule is CCCC(c1ccc(C)o1)C(F)(F)F. The lowest BCUT2D eigenvalue weighted by Gasteiger charge is -2.17. The van der Waals surface area contributed by atoms with Gasteiger partial charge in [-0.05, 0) is 25.5 Å². The normalized spacial score (nSPS) is 14.4. The number of aryl methyl sites for hydroxylation is 1. The van der Waals surface area contributed by atoms with Crippen molar-refractivity contribution in [3.8, 4) is 0 Å². The summed E-state index contributed by atoms with van der Waals surface area (Å²) in [5.74, 6) is -0.914. The van der Waals surface area contributed by atoms with Crippen molar-refractivity contribution in [2.24, 2.45) is 0 Å². The predicted molar refractivity (Wildman–Crippen MR) is 47.1 cm³/mol. The first-order chi connectivity index (χ1) is 6.45. The number of hydrogen-bond donors (Lipinski definition) is 0. The molecule has 1 rings (SSSR count). The molecule has 14 heavy (non-hydrogen) atoms. The van der Waals surface area contributed by atoms with Crippen molar-refractivity contribution in [3.63, 3.8) is 0 Å². The molecule has 4 heteroatoms. The van der Waals surface area contributed by atoms with Gasteiger partial charge in [0.1, 0.15) is 17.4 Å². The first-order valence-electron chi connectivity index (χ1n) is 4.58. The average molecular weight is 206 g/mol. The van der Waals surface area contributed by atoms with Crippen LogP contribution in [-0.2, 0) is 0 Å². The first-order valence-corrected chi connectivity index (χ1v) is 4.58. The monoisotopic (exact) mass is 206 g/mol. The average Bonchev–Trinajstić information content (AvgIpc) is 2.45. The Morgan fingerprint density at radius 3 is 2.36 bits per heavy atom. The molecule has 80 valence electrons. The first kappa shape index (κ1) is 11.1. The number of furan rings is 1. The Balaban J connectivity index is 2.88. The van der Waals surface area contributed by atoms with Crippen molar-refractivity contribution in [1.82, 2.24) is 0 Å². The zero-order valence-corrected chi connectivity index (χ0v) is 8.19. The molecule has 1 unspecified atom stereocenters. The molecule has 1 heterocycles. The molecule has 0 saturated carbocycles. The van der Waals surface area contributed by atoms with Gasteiger partial charge in [-0.25, -0.2) is 0 Å². The maximum Gasteiger partial charge on any atom is 0.398 e. The van der Waals surface area contributed by atoms with E-state index in [9.17, 15) is 13.2 Å². The minimum absolute atomic E-state index is 0.0249. The Bertz CT molecular complexity index is 288. The summed E-state index contributed by atoms with van der Waals surface area (Å²) in [6.07, 6.45) is -3.64. The predicted octanol–water partition coefficient (Wildman–Crippen LogP) is 4.03. The molecular weight excluding hydrogens is 193 g/mol. The van der Waals surface area contributed by atoms with Crippen molar-refractivity contribution in [2.75, 3.05) is 0 Å². The van der Waals surface area contributed by atoms with Gasteiger partial charge < -0.3 is 4.42 Å². The van der Waals surface area contributed by atoms with Crippen molar-refractivity contribution >= 4 is 0 Å². The zero-order valence-electron chi connectivity index (χ0n) is 8.19. The van der Waals surface area contributed by atoms with Crippen LogP contribution in [0.3, 0.4) is 0 Å². The highest BCUT2D eigenvalue weighted by Gasteiger charge is 2.41. The summed E-state index contributed by atoms with van der Waals surface area (Å²) >= 11 is 0. The second-order valence-corrected chi connectivity index (χ2v) is 3.33. The Kier molecular flexibility index (Phi) is 3.24. The standard InChI is InChI=1S/C10H13F3O/c1-3-4-8(10(11,12)13)9-6-5-7(2)14-9/h5-6,8H,3-4H2,1-2H3. The molecule has 1 nitrogen and oxygen atoms in total. The molecule has 0 bridgehead atoms. The summed E-state index contributed by atoms with van der Waals surface area (Å²) < 4.78 is 42.6. The van der Waals surface area contributed by atoms with E-state index in [1.807, 2.05) is 0 Å². The molecule has 0 aromatic carbocycles. The minimum atomic E-state index is -4.21. The summed E-state index contributed by atoms with van der Waals surface area (Å²) in [7, 11) is 0. The lowest BCUT2D eigenvalue weighted by molar-refractivity contribution is -0.155. The van der Waals surface area contributed by atoms with E-state index in [-0.39, 0.29) is 12.2 Å². The highest BCUT2D eigenvalue weighted by molar-refractivity contribution is 5.12. The van der Waals surface area contributed by atoms with E-state index < -0.39 is 12.1 Å². The van der Waals surface area contributed by atoms with Crippen LogP contribution in [0.15, 0.2) is 16.5 Å². The van der Waals surface area contributed by atoms with Gasteiger partial charge in [-0.2, -0.15) is 13.2 Å². The zero-order chi connectivity index (χ0) is 10.8. The van der Waals surface area contributed by atoms with Gasteiger partial charge >= 0.3 is 6.18 Å². The third-order valence-corrected chi connectivity index (χ3v) is 2.08. The van der Waals surface area contributed by atoms with E-state index in [1.54, 1.807) is 19.9 Å². The van der Waals surface area contributed by atoms with Gasteiger partial charge in [0.15, 0.2) is 0 Å². The summed E-state index contributed by atoms with van der Waals surface area (Å²) in [4.78, 5) is 0. The lowest BCUT2D eigenvalue weighted by atomic mass is 10.0. The van der Waals surface area contributed by atoms with Gasteiger partial charge in [-0.1, -0.05) is 13.3 Å². The van der Waals surface area contributed by atoms with Crippen LogP contribution in [0.25, 0.3) is 0 Å². The van der Waals surface area contributed by atoms with Crippen LogP contribution in [-0.4, -0.2) is 6.18 Å². The second kappa shape index (κ2) is 4.07. The third-order valence-electron chi connectivity index (χ3n) is 2.08. The minimum Gasteiger partial charge on any atom is -0.466 e. The van der Waals surface area contributed by atoms with Crippen LogP contribution in [0.5, 0.6) is 0 Å². The van der Waals surface area contributed by atoms with Crippen LogP contribution < -0.4 is 0 Å². The molecule has 1 atom stereocenters. The van der Waals surface area contributed by atoms with Gasteiger partial charge in [-0.15, -0.1) is 0 Å². The lowest BCUT2D eigenvalue weighted by Crippen LogP contribution is -2.20. The topological polar surface area (TPSA) is 13.1 Å². The molecule has 0 aliphatic rings. The molecule has 1 aromatic heterocycles. The largest absolute Gasteiger partial charge is 0.466 e. The Labute approximate surface area is 80.9 Å². The van der Waals surface area contributed by atoms with E-state index in [2.05, 4.69) is 0 Å². The fourth-order valence-corrected chi connectivity index (χ4v) is 1.40. The highest BCUT2D eigenvalue weighted by Crippen LogP contribution is 2.38. The van der Waals surface area contributed by atoms with E-state index in [1.165, 1.54) is 6.07 Å². The van der Waals surface area contributed by atoms with Crippen LogP contribution in [0, 0.1) is 6.92 Å². The number of rotatable bonds is 3. The Hall–Kier alpha value is -0.930. The quantitative estimate of drug-likeness (QED) is 0.727. The van der Waals surface area contributed by atoms with Crippen molar-refractivity contribution in [2.45, 2.75) is 38.8 Å². The van der Waals surface area contributed by atoms with Crippen molar-refractivity contribution < 1.29 is 17.6 Å². The summed E-state index contributed by atoms with van der Waals surface area (Å²) in [6.45, 7) is 3.37. The summed E-state index contributed by atoms with van der Waals surface area (Å²) in [6, 6.07) is 2.97. The Morgan fingerprint density at radius 1 is 1.36 bits per heavy atom. The number of halogens is 3.